The maximum Gasteiger partial charge on any atom is 0.264 e. The summed E-state index contributed by atoms with van der Waals surface area (Å²) >= 11 is 0. The van der Waals surface area contributed by atoms with E-state index < -0.39 is 0 Å². The molecule has 0 radical (unpaired) electrons. The lowest BCUT2D eigenvalue weighted by molar-refractivity contribution is 0.173. The van der Waals surface area contributed by atoms with Gasteiger partial charge in [0.2, 0.25) is 6.79 Å². The van der Waals surface area contributed by atoms with Gasteiger partial charge in [-0.25, -0.2) is 0 Å². The van der Waals surface area contributed by atoms with E-state index in [1.165, 1.54) is 0 Å². The highest BCUT2D eigenvalue weighted by Gasteiger charge is 2.18. The minimum absolute atomic E-state index is 0.219. The van der Waals surface area contributed by atoms with Crippen LogP contribution >= 0.6 is 0 Å². The highest BCUT2D eigenvalue weighted by molar-refractivity contribution is 5.51. The number of fused-ring (bicyclic) bond motifs is 1. The molecule has 0 saturated heterocycles. The van der Waals surface area contributed by atoms with Crippen LogP contribution in [0.1, 0.15) is 17.3 Å². The molecular formula is C13H15N3O4. The standard InChI is InChI=1S/C13H15N3O4/c1-8-15-13(20-16-8)6-17-10-4-12-11(18-7-19-12)3-9(10)5-14-2/h3-4,14H,5-7H2,1-2H3. The van der Waals surface area contributed by atoms with Crippen LogP contribution in [-0.2, 0) is 13.2 Å². The summed E-state index contributed by atoms with van der Waals surface area (Å²) in [7, 11) is 1.87. The molecule has 0 spiro atoms. The summed E-state index contributed by atoms with van der Waals surface area (Å²) < 4.78 is 21.5. The van der Waals surface area contributed by atoms with Gasteiger partial charge in [0.1, 0.15) is 5.75 Å². The molecule has 0 fully saturated rings. The maximum atomic E-state index is 5.74. The van der Waals surface area contributed by atoms with Crippen LogP contribution in [0.5, 0.6) is 17.2 Å². The minimum Gasteiger partial charge on any atom is -0.483 e. The molecule has 2 aromatic rings. The van der Waals surface area contributed by atoms with Gasteiger partial charge in [-0.2, -0.15) is 4.98 Å². The largest absolute Gasteiger partial charge is 0.483 e. The van der Waals surface area contributed by atoms with Crippen LogP contribution in [0.25, 0.3) is 0 Å². The topological polar surface area (TPSA) is 78.6 Å². The molecular weight excluding hydrogens is 262 g/mol. The molecule has 1 aromatic heterocycles. The van der Waals surface area contributed by atoms with Gasteiger partial charge in [0.15, 0.2) is 23.9 Å². The SMILES string of the molecule is CNCc1cc2c(cc1OCc1nc(C)no1)OCO2. The first-order chi connectivity index (χ1) is 9.76. The molecule has 2 heterocycles. The lowest BCUT2D eigenvalue weighted by atomic mass is 10.1. The van der Waals surface area contributed by atoms with Crippen molar-refractivity contribution in [3.8, 4) is 17.2 Å². The van der Waals surface area contributed by atoms with Gasteiger partial charge < -0.3 is 24.1 Å². The predicted molar refractivity (Wildman–Crippen MR) is 68.7 cm³/mol. The number of hydrogen-bond donors (Lipinski definition) is 1. The quantitative estimate of drug-likeness (QED) is 0.885. The Morgan fingerprint density at radius 2 is 2.10 bits per heavy atom. The van der Waals surface area contributed by atoms with Crippen molar-refractivity contribution < 1.29 is 18.7 Å². The van der Waals surface area contributed by atoms with Crippen molar-refractivity contribution in [3.63, 3.8) is 0 Å². The Morgan fingerprint density at radius 3 is 2.80 bits per heavy atom. The maximum absolute atomic E-state index is 5.74. The molecule has 106 valence electrons. The van der Waals surface area contributed by atoms with Gasteiger partial charge >= 0.3 is 0 Å². The number of rotatable bonds is 5. The van der Waals surface area contributed by atoms with Crippen molar-refractivity contribution in [2.45, 2.75) is 20.1 Å². The number of nitrogens with one attached hydrogen (secondary N) is 1. The summed E-state index contributed by atoms with van der Waals surface area (Å²) in [6.45, 7) is 2.88. The lowest BCUT2D eigenvalue weighted by Crippen LogP contribution is -2.07. The van der Waals surface area contributed by atoms with E-state index in [0.29, 0.717) is 29.8 Å². The molecule has 1 aromatic carbocycles. The third-order valence-corrected chi connectivity index (χ3v) is 2.84. The summed E-state index contributed by atoms with van der Waals surface area (Å²) in [5.41, 5.74) is 0.980. The van der Waals surface area contributed by atoms with Crippen LogP contribution in [0.3, 0.4) is 0 Å². The highest BCUT2D eigenvalue weighted by atomic mass is 16.7. The first kappa shape index (κ1) is 12.7. The number of aryl methyl sites for hydroxylation is 1. The molecule has 20 heavy (non-hydrogen) atoms. The van der Waals surface area contributed by atoms with Crippen molar-refractivity contribution in [1.82, 2.24) is 15.5 Å². The third kappa shape index (κ3) is 2.53. The van der Waals surface area contributed by atoms with Crippen molar-refractivity contribution in [1.29, 1.82) is 0 Å². The summed E-state index contributed by atoms with van der Waals surface area (Å²) in [4.78, 5) is 4.10. The van der Waals surface area contributed by atoms with Gasteiger partial charge in [-0.3, -0.25) is 0 Å². The fraction of sp³-hybridized carbons (Fsp3) is 0.385. The fourth-order valence-electron chi connectivity index (χ4n) is 1.97. The number of ether oxygens (including phenoxy) is 3. The monoisotopic (exact) mass is 277 g/mol. The second-order valence-corrected chi connectivity index (χ2v) is 4.37. The van der Waals surface area contributed by atoms with Gasteiger partial charge in [0, 0.05) is 18.2 Å². The molecule has 0 amide bonds. The summed E-state index contributed by atoms with van der Waals surface area (Å²) in [5.74, 6) is 3.15. The van der Waals surface area contributed by atoms with E-state index in [9.17, 15) is 0 Å². The normalized spacial score (nSPS) is 12.7. The lowest BCUT2D eigenvalue weighted by Gasteiger charge is -2.11. The van der Waals surface area contributed by atoms with Crippen molar-refractivity contribution in [2.24, 2.45) is 0 Å². The third-order valence-electron chi connectivity index (χ3n) is 2.84. The summed E-state index contributed by atoms with van der Waals surface area (Å²) in [6, 6.07) is 3.73. The average molecular weight is 277 g/mol. The fourth-order valence-corrected chi connectivity index (χ4v) is 1.97. The van der Waals surface area contributed by atoms with E-state index >= 15 is 0 Å². The predicted octanol–water partition coefficient (Wildman–Crippen LogP) is 1.41. The van der Waals surface area contributed by atoms with E-state index in [1.54, 1.807) is 6.92 Å². The molecule has 0 aliphatic carbocycles. The minimum atomic E-state index is 0.219. The molecule has 0 bridgehead atoms. The molecule has 0 saturated carbocycles. The van der Waals surface area contributed by atoms with E-state index in [0.717, 1.165) is 11.3 Å². The Balaban J connectivity index is 1.80. The molecule has 1 N–H and O–H groups in total. The first-order valence-corrected chi connectivity index (χ1v) is 6.25. The van der Waals surface area contributed by atoms with E-state index in [1.807, 2.05) is 19.2 Å². The second kappa shape index (κ2) is 5.38. The van der Waals surface area contributed by atoms with E-state index in [-0.39, 0.29) is 13.4 Å². The van der Waals surface area contributed by atoms with Crippen LogP contribution in [0, 0.1) is 6.92 Å². The molecule has 0 atom stereocenters. The molecule has 0 unspecified atom stereocenters. The summed E-state index contributed by atoms with van der Waals surface area (Å²) in [6.07, 6.45) is 0. The number of aromatic nitrogens is 2. The number of benzene rings is 1. The van der Waals surface area contributed by atoms with Crippen LogP contribution < -0.4 is 19.5 Å². The zero-order valence-electron chi connectivity index (χ0n) is 11.3. The first-order valence-electron chi connectivity index (χ1n) is 6.25. The van der Waals surface area contributed by atoms with Gasteiger partial charge in [0.05, 0.1) is 0 Å². The number of hydrogen-bond acceptors (Lipinski definition) is 7. The smallest absolute Gasteiger partial charge is 0.264 e. The number of nitrogens with zero attached hydrogens (tertiary/aromatic N) is 2. The van der Waals surface area contributed by atoms with Crippen molar-refractivity contribution >= 4 is 0 Å². The van der Waals surface area contributed by atoms with Gasteiger partial charge in [0.25, 0.3) is 5.89 Å². The van der Waals surface area contributed by atoms with Crippen molar-refractivity contribution in [2.75, 3.05) is 13.8 Å². The zero-order valence-corrected chi connectivity index (χ0v) is 11.3. The molecule has 1 aliphatic heterocycles. The Kier molecular flexibility index (Phi) is 3.42. The van der Waals surface area contributed by atoms with Gasteiger partial charge in [-0.15, -0.1) is 0 Å². The van der Waals surface area contributed by atoms with Crippen LogP contribution in [0.15, 0.2) is 16.7 Å². The molecule has 3 rings (SSSR count). The van der Waals surface area contributed by atoms with E-state index in [2.05, 4.69) is 15.5 Å². The average Bonchev–Trinajstić information content (AvgIpc) is 3.04. The zero-order chi connectivity index (χ0) is 13.9. The molecule has 7 heteroatoms. The Labute approximate surface area is 115 Å². The molecule has 1 aliphatic rings. The molecule has 7 nitrogen and oxygen atoms in total. The van der Waals surface area contributed by atoms with E-state index in [4.69, 9.17) is 18.7 Å². The van der Waals surface area contributed by atoms with Gasteiger partial charge in [-0.05, 0) is 20.0 Å². The van der Waals surface area contributed by atoms with Crippen molar-refractivity contribution in [3.05, 3.63) is 29.4 Å². The highest BCUT2D eigenvalue weighted by Crippen LogP contribution is 2.38. The Morgan fingerprint density at radius 1 is 1.30 bits per heavy atom. The van der Waals surface area contributed by atoms with Crippen LogP contribution in [0.2, 0.25) is 0 Å². The van der Waals surface area contributed by atoms with Crippen LogP contribution in [-0.4, -0.2) is 24.0 Å². The van der Waals surface area contributed by atoms with Crippen LogP contribution in [0.4, 0.5) is 0 Å². The second-order valence-electron chi connectivity index (χ2n) is 4.37. The van der Waals surface area contributed by atoms with Gasteiger partial charge in [-0.1, -0.05) is 5.16 Å². The Bertz CT molecular complexity index is 612. The Hall–Kier alpha value is -2.28. The summed E-state index contributed by atoms with van der Waals surface area (Å²) in [5, 5.41) is 6.81.